The molecule has 0 atom stereocenters. The van der Waals surface area contributed by atoms with Crippen molar-refractivity contribution >= 4 is 24.0 Å². The summed E-state index contributed by atoms with van der Waals surface area (Å²) in [5.41, 5.74) is 3.90. The van der Waals surface area contributed by atoms with Gasteiger partial charge >= 0.3 is 0 Å². The Morgan fingerprint density at radius 1 is 1.20 bits per heavy atom. The minimum atomic E-state index is 0. The molecule has 20 heavy (non-hydrogen) atoms. The van der Waals surface area contributed by atoms with Gasteiger partial charge in [0.25, 0.3) is 0 Å². The first-order valence-electron chi connectivity index (χ1n) is 6.86. The molecule has 0 spiro atoms. The number of carbonyl (C=O) groups excluding carboxylic acids is 1. The molecular weight excluding hydrogens is 274 g/mol. The number of rotatable bonds is 3. The van der Waals surface area contributed by atoms with Gasteiger partial charge in [-0.05, 0) is 38.1 Å². The van der Waals surface area contributed by atoms with Crippen LogP contribution in [0.4, 0.5) is 5.69 Å². The summed E-state index contributed by atoms with van der Waals surface area (Å²) in [5, 5.41) is 2.92. The number of amides is 1. The summed E-state index contributed by atoms with van der Waals surface area (Å²) in [6.07, 6.45) is 0. The van der Waals surface area contributed by atoms with Crippen LogP contribution in [0.1, 0.15) is 11.1 Å². The fourth-order valence-electron chi connectivity index (χ4n) is 2.52. The fourth-order valence-corrected chi connectivity index (χ4v) is 2.52. The van der Waals surface area contributed by atoms with Gasteiger partial charge < -0.3 is 15.1 Å². The molecular formula is C15H24ClN3O. The van der Waals surface area contributed by atoms with Gasteiger partial charge in [-0.3, -0.25) is 4.79 Å². The third-order valence-electron chi connectivity index (χ3n) is 3.67. The van der Waals surface area contributed by atoms with E-state index in [1.807, 2.05) is 11.9 Å². The third-order valence-corrected chi connectivity index (χ3v) is 3.67. The van der Waals surface area contributed by atoms with Crippen molar-refractivity contribution in [2.24, 2.45) is 0 Å². The van der Waals surface area contributed by atoms with E-state index in [1.54, 1.807) is 0 Å². The number of hydrogen-bond acceptors (Lipinski definition) is 3. The molecule has 112 valence electrons. The first-order chi connectivity index (χ1) is 9.11. The molecule has 1 N–H and O–H groups in total. The summed E-state index contributed by atoms with van der Waals surface area (Å²) in [4.78, 5) is 16.1. The first kappa shape index (κ1) is 16.8. The predicted molar refractivity (Wildman–Crippen MR) is 85.9 cm³/mol. The number of likely N-dealkylation sites (N-methyl/N-ethyl adjacent to an activating group) is 1. The Labute approximate surface area is 127 Å². The Hall–Kier alpha value is -1.26. The topological polar surface area (TPSA) is 35.6 Å². The lowest BCUT2D eigenvalue weighted by Gasteiger charge is -2.37. The molecule has 1 aromatic rings. The quantitative estimate of drug-likeness (QED) is 0.920. The second kappa shape index (κ2) is 7.50. The average molecular weight is 298 g/mol. The lowest BCUT2D eigenvalue weighted by molar-refractivity contribution is -0.130. The van der Waals surface area contributed by atoms with Gasteiger partial charge in [-0.2, -0.15) is 0 Å². The molecule has 1 aliphatic heterocycles. The molecule has 1 saturated heterocycles. The molecule has 1 amide bonds. The predicted octanol–water partition coefficient (Wildman–Crippen LogP) is 1.59. The number of piperazine rings is 1. The van der Waals surface area contributed by atoms with E-state index in [0.29, 0.717) is 6.54 Å². The van der Waals surface area contributed by atoms with Crippen LogP contribution >= 0.6 is 12.4 Å². The highest BCUT2D eigenvalue weighted by Crippen LogP contribution is 2.22. The smallest absolute Gasteiger partial charge is 0.236 e. The van der Waals surface area contributed by atoms with Crippen LogP contribution in [0.2, 0.25) is 0 Å². The monoisotopic (exact) mass is 297 g/mol. The van der Waals surface area contributed by atoms with Crippen molar-refractivity contribution in [3.8, 4) is 0 Å². The molecule has 0 aliphatic carbocycles. The maximum atomic E-state index is 11.8. The summed E-state index contributed by atoms with van der Waals surface area (Å²) >= 11 is 0. The molecule has 2 rings (SSSR count). The van der Waals surface area contributed by atoms with Gasteiger partial charge in [0.2, 0.25) is 5.91 Å². The highest BCUT2D eigenvalue weighted by atomic mass is 35.5. The van der Waals surface area contributed by atoms with E-state index >= 15 is 0 Å². The van der Waals surface area contributed by atoms with Crippen LogP contribution in [0.25, 0.3) is 0 Å². The summed E-state index contributed by atoms with van der Waals surface area (Å²) in [6, 6.07) is 6.55. The molecule has 0 saturated carbocycles. The van der Waals surface area contributed by atoms with Gasteiger partial charge in [0, 0.05) is 31.9 Å². The normalized spacial score (nSPS) is 14.9. The summed E-state index contributed by atoms with van der Waals surface area (Å²) in [7, 11) is 1.81. The van der Waals surface area contributed by atoms with E-state index in [0.717, 1.165) is 26.2 Å². The van der Waals surface area contributed by atoms with E-state index in [4.69, 9.17) is 0 Å². The first-order valence-corrected chi connectivity index (χ1v) is 6.86. The van der Waals surface area contributed by atoms with Crippen LogP contribution in [-0.4, -0.2) is 50.6 Å². The Kier molecular flexibility index (Phi) is 6.30. The lowest BCUT2D eigenvalue weighted by Crippen LogP contribution is -2.50. The average Bonchev–Trinajstić information content (AvgIpc) is 2.42. The molecule has 0 unspecified atom stereocenters. The van der Waals surface area contributed by atoms with Crippen molar-refractivity contribution in [3.05, 3.63) is 29.3 Å². The maximum Gasteiger partial charge on any atom is 0.236 e. The molecule has 0 bridgehead atoms. The van der Waals surface area contributed by atoms with Gasteiger partial charge in [0.1, 0.15) is 0 Å². The number of nitrogens with one attached hydrogen (secondary N) is 1. The molecule has 0 radical (unpaired) electrons. The van der Waals surface area contributed by atoms with Crippen molar-refractivity contribution < 1.29 is 4.79 Å². The third kappa shape index (κ3) is 3.87. The summed E-state index contributed by atoms with van der Waals surface area (Å²) in [5.74, 6) is 0.197. The fraction of sp³-hybridized carbons (Fsp3) is 0.533. The van der Waals surface area contributed by atoms with Gasteiger partial charge in [-0.1, -0.05) is 12.1 Å². The number of carbonyl (C=O) groups is 1. The maximum absolute atomic E-state index is 11.8. The number of halogens is 1. The van der Waals surface area contributed by atoms with Gasteiger partial charge in [0.15, 0.2) is 0 Å². The van der Waals surface area contributed by atoms with Crippen molar-refractivity contribution in [2.75, 3.05) is 44.7 Å². The van der Waals surface area contributed by atoms with Crippen LogP contribution in [0, 0.1) is 13.8 Å². The molecule has 1 aliphatic rings. The lowest BCUT2D eigenvalue weighted by atomic mass is 10.1. The standard InChI is InChI=1S/C15H23N3O.ClH/c1-12-4-5-13(2)14(10-12)17-6-8-18(9-7-17)15(19)11-16-3;/h4-5,10,16H,6-9,11H2,1-3H3;1H. The Morgan fingerprint density at radius 3 is 2.45 bits per heavy atom. The second-order valence-electron chi connectivity index (χ2n) is 5.19. The Balaban J connectivity index is 0.00000200. The summed E-state index contributed by atoms with van der Waals surface area (Å²) in [6.45, 7) is 8.16. The number of benzene rings is 1. The zero-order valence-corrected chi connectivity index (χ0v) is 13.3. The molecule has 4 nitrogen and oxygen atoms in total. The van der Waals surface area contributed by atoms with E-state index in [-0.39, 0.29) is 18.3 Å². The number of hydrogen-bond donors (Lipinski definition) is 1. The van der Waals surface area contributed by atoms with Crippen molar-refractivity contribution in [2.45, 2.75) is 13.8 Å². The molecule has 1 heterocycles. The number of nitrogens with zero attached hydrogens (tertiary/aromatic N) is 2. The van der Waals surface area contributed by atoms with Crippen LogP contribution in [0.5, 0.6) is 0 Å². The zero-order chi connectivity index (χ0) is 13.8. The van der Waals surface area contributed by atoms with Crippen molar-refractivity contribution in [3.63, 3.8) is 0 Å². The van der Waals surface area contributed by atoms with Crippen molar-refractivity contribution in [1.82, 2.24) is 10.2 Å². The van der Waals surface area contributed by atoms with E-state index in [9.17, 15) is 4.79 Å². The molecule has 0 aromatic heterocycles. The number of aryl methyl sites for hydroxylation is 2. The zero-order valence-electron chi connectivity index (χ0n) is 12.5. The minimum absolute atomic E-state index is 0. The number of anilines is 1. The second-order valence-corrected chi connectivity index (χ2v) is 5.19. The van der Waals surface area contributed by atoms with Crippen LogP contribution in [-0.2, 0) is 4.79 Å². The van der Waals surface area contributed by atoms with Crippen LogP contribution in [0.3, 0.4) is 0 Å². The minimum Gasteiger partial charge on any atom is -0.368 e. The largest absolute Gasteiger partial charge is 0.368 e. The van der Waals surface area contributed by atoms with Gasteiger partial charge in [-0.25, -0.2) is 0 Å². The van der Waals surface area contributed by atoms with Gasteiger partial charge in [-0.15, -0.1) is 12.4 Å². The van der Waals surface area contributed by atoms with Crippen LogP contribution < -0.4 is 10.2 Å². The molecule has 1 fully saturated rings. The van der Waals surface area contributed by atoms with E-state index in [2.05, 4.69) is 42.3 Å². The van der Waals surface area contributed by atoms with E-state index in [1.165, 1.54) is 16.8 Å². The highest BCUT2D eigenvalue weighted by Gasteiger charge is 2.21. The highest BCUT2D eigenvalue weighted by molar-refractivity contribution is 5.85. The Morgan fingerprint density at radius 2 is 1.85 bits per heavy atom. The molecule has 1 aromatic carbocycles. The van der Waals surface area contributed by atoms with Gasteiger partial charge in [0.05, 0.1) is 6.54 Å². The molecule has 5 heteroatoms. The van der Waals surface area contributed by atoms with Crippen molar-refractivity contribution in [1.29, 1.82) is 0 Å². The van der Waals surface area contributed by atoms with Crippen LogP contribution in [0.15, 0.2) is 18.2 Å². The SMILES string of the molecule is CNCC(=O)N1CCN(c2cc(C)ccc2C)CC1.Cl. The Bertz CT molecular complexity index is 456. The van der Waals surface area contributed by atoms with E-state index < -0.39 is 0 Å². The summed E-state index contributed by atoms with van der Waals surface area (Å²) < 4.78 is 0.